The van der Waals surface area contributed by atoms with Gasteiger partial charge in [-0.3, -0.25) is 19.7 Å². The van der Waals surface area contributed by atoms with Crippen LogP contribution in [0.1, 0.15) is 28.4 Å². The quantitative estimate of drug-likeness (QED) is 0.475. The maximum atomic E-state index is 11.5. The van der Waals surface area contributed by atoms with Crippen molar-refractivity contribution in [3.8, 4) is 5.75 Å². The molecule has 0 spiro atoms. The number of Topliss-reactive ketones (excluding diaryl/α,β-unsaturated/α-hetero) is 1. The predicted molar refractivity (Wildman–Crippen MR) is 85.2 cm³/mol. The Bertz CT molecular complexity index is 799. The lowest BCUT2D eigenvalue weighted by Crippen LogP contribution is -2.07. The largest absolute Gasteiger partial charge is 0.489 e. The Labute approximate surface area is 137 Å². The van der Waals surface area contributed by atoms with Gasteiger partial charge in [-0.2, -0.15) is 0 Å². The number of hydrogen-bond acceptors (Lipinski definition) is 5. The van der Waals surface area contributed by atoms with E-state index in [0.29, 0.717) is 22.4 Å². The molecular formula is C17H15NO6. The van der Waals surface area contributed by atoms with Crippen LogP contribution in [0.25, 0.3) is 0 Å². The number of carbonyl (C=O) groups is 2. The van der Waals surface area contributed by atoms with Crippen LogP contribution in [0.15, 0.2) is 42.5 Å². The number of carboxylic acid groups (broad SMARTS) is 1. The standard InChI is InChI=1S/C17H15NO6/c1-11(19)16-6-5-15(8-13(16)9-17(20)21)24-10-12-3-2-4-14(7-12)18(22)23/h2-8H,9-10H2,1H3,(H,20,21). The number of carboxylic acids is 1. The molecule has 7 nitrogen and oxygen atoms in total. The van der Waals surface area contributed by atoms with E-state index in [1.54, 1.807) is 18.2 Å². The molecule has 24 heavy (non-hydrogen) atoms. The van der Waals surface area contributed by atoms with E-state index in [2.05, 4.69) is 0 Å². The molecule has 0 heterocycles. The van der Waals surface area contributed by atoms with Crippen LogP contribution in [0.2, 0.25) is 0 Å². The lowest BCUT2D eigenvalue weighted by molar-refractivity contribution is -0.384. The van der Waals surface area contributed by atoms with Crippen molar-refractivity contribution in [3.05, 3.63) is 69.3 Å². The minimum Gasteiger partial charge on any atom is -0.489 e. The van der Waals surface area contributed by atoms with E-state index in [4.69, 9.17) is 9.84 Å². The highest BCUT2D eigenvalue weighted by atomic mass is 16.6. The topological polar surface area (TPSA) is 107 Å². The minimum absolute atomic E-state index is 0.0328. The minimum atomic E-state index is -1.05. The van der Waals surface area contributed by atoms with Crippen molar-refractivity contribution in [2.45, 2.75) is 20.0 Å². The summed E-state index contributed by atoms with van der Waals surface area (Å²) in [6.07, 6.45) is -0.289. The maximum Gasteiger partial charge on any atom is 0.307 e. The van der Waals surface area contributed by atoms with Crippen molar-refractivity contribution in [3.63, 3.8) is 0 Å². The number of ether oxygens (including phenoxy) is 1. The molecule has 0 unspecified atom stereocenters. The first-order valence-electron chi connectivity index (χ1n) is 7.08. The van der Waals surface area contributed by atoms with Crippen LogP contribution < -0.4 is 4.74 Å². The molecule has 0 radical (unpaired) electrons. The molecule has 0 bridgehead atoms. The van der Waals surface area contributed by atoms with Gasteiger partial charge in [0.15, 0.2) is 5.78 Å². The Morgan fingerprint density at radius 1 is 1.21 bits per heavy atom. The van der Waals surface area contributed by atoms with Crippen LogP contribution in [0.4, 0.5) is 5.69 Å². The third kappa shape index (κ3) is 4.39. The van der Waals surface area contributed by atoms with Crippen molar-refractivity contribution >= 4 is 17.4 Å². The van der Waals surface area contributed by atoms with E-state index in [9.17, 15) is 19.7 Å². The highest BCUT2D eigenvalue weighted by Crippen LogP contribution is 2.21. The third-order valence-corrected chi connectivity index (χ3v) is 3.32. The van der Waals surface area contributed by atoms with E-state index in [-0.39, 0.29) is 24.5 Å². The summed E-state index contributed by atoms with van der Waals surface area (Å²) < 4.78 is 5.56. The molecule has 0 aliphatic rings. The van der Waals surface area contributed by atoms with E-state index >= 15 is 0 Å². The van der Waals surface area contributed by atoms with Gasteiger partial charge in [0.1, 0.15) is 12.4 Å². The van der Waals surface area contributed by atoms with Crippen LogP contribution in [0, 0.1) is 10.1 Å². The molecule has 0 fully saturated rings. The van der Waals surface area contributed by atoms with Crippen LogP contribution in [0.5, 0.6) is 5.75 Å². The highest BCUT2D eigenvalue weighted by Gasteiger charge is 2.12. The second-order valence-electron chi connectivity index (χ2n) is 5.16. The smallest absolute Gasteiger partial charge is 0.307 e. The Morgan fingerprint density at radius 3 is 2.58 bits per heavy atom. The molecule has 0 saturated carbocycles. The first-order valence-corrected chi connectivity index (χ1v) is 7.08. The molecular weight excluding hydrogens is 314 g/mol. The fourth-order valence-electron chi connectivity index (χ4n) is 2.24. The van der Waals surface area contributed by atoms with Gasteiger partial charge in [-0.15, -0.1) is 0 Å². The second kappa shape index (κ2) is 7.36. The lowest BCUT2D eigenvalue weighted by atomic mass is 10.0. The first kappa shape index (κ1) is 17.1. The first-order chi connectivity index (χ1) is 11.4. The fraction of sp³-hybridized carbons (Fsp3) is 0.176. The zero-order chi connectivity index (χ0) is 17.7. The molecule has 124 valence electrons. The number of benzene rings is 2. The summed E-state index contributed by atoms with van der Waals surface area (Å²) in [5, 5.41) is 19.7. The van der Waals surface area contributed by atoms with Gasteiger partial charge in [-0.1, -0.05) is 12.1 Å². The van der Waals surface area contributed by atoms with Crippen LogP contribution in [-0.4, -0.2) is 21.8 Å². The number of nitro benzene ring substituents is 1. The molecule has 0 aliphatic heterocycles. The Hall–Kier alpha value is -3.22. The number of nitrogens with zero attached hydrogens (tertiary/aromatic N) is 1. The Morgan fingerprint density at radius 2 is 1.96 bits per heavy atom. The maximum absolute atomic E-state index is 11.5. The van der Waals surface area contributed by atoms with E-state index in [1.165, 1.54) is 31.2 Å². The summed E-state index contributed by atoms with van der Waals surface area (Å²) in [6, 6.07) is 10.6. The Balaban J connectivity index is 2.18. The summed E-state index contributed by atoms with van der Waals surface area (Å²) >= 11 is 0. The van der Waals surface area contributed by atoms with Crippen LogP contribution >= 0.6 is 0 Å². The van der Waals surface area contributed by atoms with Gasteiger partial charge in [0.25, 0.3) is 5.69 Å². The van der Waals surface area contributed by atoms with Gasteiger partial charge in [-0.25, -0.2) is 0 Å². The number of aliphatic carboxylic acids is 1. The second-order valence-corrected chi connectivity index (χ2v) is 5.16. The number of ketones is 1. The summed E-state index contributed by atoms with van der Waals surface area (Å²) in [7, 11) is 0. The van der Waals surface area contributed by atoms with Crippen molar-refractivity contribution < 1.29 is 24.4 Å². The fourth-order valence-corrected chi connectivity index (χ4v) is 2.24. The molecule has 0 atom stereocenters. The third-order valence-electron chi connectivity index (χ3n) is 3.32. The molecule has 0 aliphatic carbocycles. The molecule has 2 aromatic rings. The summed E-state index contributed by atoms with van der Waals surface area (Å²) in [5.74, 6) is -0.882. The number of non-ortho nitro benzene ring substituents is 1. The molecule has 0 saturated heterocycles. The SMILES string of the molecule is CC(=O)c1ccc(OCc2cccc([N+](=O)[O-])c2)cc1CC(=O)O. The number of carbonyl (C=O) groups excluding carboxylic acids is 1. The molecule has 0 aromatic heterocycles. The van der Waals surface area contributed by atoms with E-state index in [1.807, 2.05) is 0 Å². The van der Waals surface area contributed by atoms with Gasteiger partial charge in [0.2, 0.25) is 0 Å². The average Bonchev–Trinajstić information content (AvgIpc) is 2.52. The predicted octanol–water partition coefficient (Wildman–Crippen LogP) is 3.00. The summed E-state index contributed by atoms with van der Waals surface area (Å²) in [5.41, 5.74) is 1.28. The van der Waals surface area contributed by atoms with Gasteiger partial charge in [-0.05, 0) is 36.2 Å². The van der Waals surface area contributed by atoms with E-state index < -0.39 is 10.9 Å². The molecule has 7 heteroatoms. The normalized spacial score (nSPS) is 10.2. The zero-order valence-electron chi connectivity index (χ0n) is 12.9. The van der Waals surface area contributed by atoms with Crippen LogP contribution in [0.3, 0.4) is 0 Å². The van der Waals surface area contributed by atoms with Gasteiger partial charge < -0.3 is 9.84 Å². The van der Waals surface area contributed by atoms with Gasteiger partial charge >= 0.3 is 5.97 Å². The van der Waals surface area contributed by atoms with Crippen molar-refractivity contribution in [2.24, 2.45) is 0 Å². The molecule has 0 amide bonds. The highest BCUT2D eigenvalue weighted by molar-refractivity contribution is 5.96. The van der Waals surface area contributed by atoms with E-state index in [0.717, 1.165) is 0 Å². The summed E-state index contributed by atoms with van der Waals surface area (Å²) in [6.45, 7) is 1.46. The monoisotopic (exact) mass is 329 g/mol. The lowest BCUT2D eigenvalue weighted by Gasteiger charge is -2.10. The Kier molecular flexibility index (Phi) is 5.26. The number of rotatable bonds is 7. The molecule has 2 rings (SSSR count). The number of nitro groups is 1. The molecule has 2 aromatic carbocycles. The average molecular weight is 329 g/mol. The summed E-state index contributed by atoms with van der Waals surface area (Å²) in [4.78, 5) is 32.7. The number of hydrogen-bond donors (Lipinski definition) is 1. The van der Waals surface area contributed by atoms with Crippen LogP contribution in [-0.2, 0) is 17.8 Å². The van der Waals surface area contributed by atoms with Crippen molar-refractivity contribution in [2.75, 3.05) is 0 Å². The van der Waals surface area contributed by atoms with Crippen molar-refractivity contribution in [1.82, 2.24) is 0 Å². The molecule has 1 N–H and O–H groups in total. The van der Waals surface area contributed by atoms with Crippen molar-refractivity contribution in [1.29, 1.82) is 0 Å². The van der Waals surface area contributed by atoms with Gasteiger partial charge in [0.05, 0.1) is 11.3 Å². The van der Waals surface area contributed by atoms with Gasteiger partial charge in [0, 0.05) is 17.7 Å². The zero-order valence-corrected chi connectivity index (χ0v) is 12.9.